The molecule has 1 aromatic heterocycles. The van der Waals surface area contributed by atoms with Gasteiger partial charge in [0, 0.05) is 50.8 Å². The van der Waals surface area contributed by atoms with Crippen molar-refractivity contribution in [2.45, 2.75) is 38.5 Å². The van der Waals surface area contributed by atoms with E-state index < -0.39 is 0 Å². The fourth-order valence-corrected chi connectivity index (χ4v) is 9.39. The second-order valence-corrected chi connectivity index (χ2v) is 15.5. The second-order valence-electron chi connectivity index (χ2n) is 15.5. The number of hydrogen-bond acceptors (Lipinski definition) is 1. The normalized spacial score (nSPS) is 18.7. The lowest BCUT2D eigenvalue weighted by atomic mass is 9.81. The molecule has 1 aliphatic heterocycles. The molecule has 6 aromatic carbocycles. The Bertz CT molecular complexity index is 2620. The van der Waals surface area contributed by atoms with E-state index in [9.17, 15) is 0 Å². The maximum absolute atomic E-state index is 4.80. The number of rotatable bonds is 2. The molecular weight excluding hydrogens is 617 g/mol. The Morgan fingerprint density at radius 2 is 1.10 bits per heavy atom. The number of allylic oxidation sites excluding steroid dienone is 4. The predicted molar refractivity (Wildman–Crippen MR) is 216 cm³/mol. The highest BCUT2D eigenvalue weighted by atomic mass is 15.1. The molecule has 0 bridgehead atoms. The van der Waals surface area contributed by atoms with E-state index in [4.69, 9.17) is 6.58 Å². The van der Waals surface area contributed by atoms with Crippen LogP contribution in [0.5, 0.6) is 0 Å². The Labute approximate surface area is 300 Å². The Morgan fingerprint density at radius 1 is 0.529 bits per heavy atom. The first-order chi connectivity index (χ1) is 24.7. The third-order valence-electron chi connectivity index (χ3n) is 12.0. The first kappa shape index (κ1) is 30.0. The zero-order valence-corrected chi connectivity index (χ0v) is 29.7. The summed E-state index contributed by atoms with van der Waals surface area (Å²) in [6.45, 7) is 15.0. The third kappa shape index (κ3) is 4.17. The van der Waals surface area contributed by atoms with E-state index in [1.54, 1.807) is 0 Å². The zero-order valence-electron chi connectivity index (χ0n) is 29.7. The molecule has 0 atom stereocenters. The molecule has 2 heterocycles. The van der Waals surface area contributed by atoms with Gasteiger partial charge in [-0.05, 0) is 105 Å². The highest BCUT2D eigenvalue weighted by molar-refractivity contribution is 6.09. The summed E-state index contributed by atoms with van der Waals surface area (Å²) < 4.78 is 2.39. The van der Waals surface area contributed by atoms with Gasteiger partial charge in [-0.1, -0.05) is 125 Å². The van der Waals surface area contributed by atoms with Crippen LogP contribution in [0.1, 0.15) is 55.5 Å². The summed E-state index contributed by atoms with van der Waals surface area (Å²) in [5.74, 6) is 0. The standard InChI is InChI=1S/C49H40N2/c1-31-28-39-34-14-6-10-18-41(34)48(2,3)43(39)26-27-50(47-30-44-40(29-38(31)47)35-15-7-11-19-42(35)49(44,4)5)32-22-24-33(25-23-32)51-45-20-12-8-16-36(45)37-17-9-13-21-46(37)51/h6-26,28-30H,1,27H2,2-5H3/b39-28-,43-26+. The van der Waals surface area contributed by atoms with Crippen molar-refractivity contribution in [3.8, 4) is 16.8 Å². The molecule has 0 unspecified atom stereocenters. The van der Waals surface area contributed by atoms with Gasteiger partial charge in [-0.25, -0.2) is 0 Å². The monoisotopic (exact) mass is 656 g/mol. The van der Waals surface area contributed by atoms with Crippen LogP contribution in [0.3, 0.4) is 0 Å². The summed E-state index contributed by atoms with van der Waals surface area (Å²) in [6.07, 6.45) is 4.83. The number of anilines is 2. The van der Waals surface area contributed by atoms with Crippen molar-refractivity contribution in [2.24, 2.45) is 0 Å². The molecule has 0 radical (unpaired) electrons. The molecule has 7 aromatic rings. The molecule has 0 saturated heterocycles. The smallest absolute Gasteiger partial charge is 0.0541 e. The van der Waals surface area contributed by atoms with E-state index in [-0.39, 0.29) is 10.8 Å². The fourth-order valence-electron chi connectivity index (χ4n) is 9.39. The first-order valence-corrected chi connectivity index (χ1v) is 18.1. The number of para-hydroxylation sites is 2. The van der Waals surface area contributed by atoms with Gasteiger partial charge < -0.3 is 9.47 Å². The Kier molecular flexibility index (Phi) is 6.22. The number of fused-ring (bicyclic) bond motifs is 10. The van der Waals surface area contributed by atoms with Gasteiger partial charge in [0.15, 0.2) is 0 Å². The SMILES string of the molecule is C=C1/C=C2\C(=C/CN(c3ccc(-n4c5ccccc5c5ccccc54)cc3)c3cc4c(cc31)-c1ccccc1C4(C)C)C(C)(C)c1ccccc12. The van der Waals surface area contributed by atoms with Crippen molar-refractivity contribution < 1.29 is 0 Å². The quantitative estimate of drug-likeness (QED) is 0.180. The molecule has 2 aliphatic carbocycles. The molecule has 2 heteroatoms. The Morgan fingerprint density at radius 3 is 1.78 bits per heavy atom. The van der Waals surface area contributed by atoms with E-state index >= 15 is 0 Å². The summed E-state index contributed by atoms with van der Waals surface area (Å²) in [4.78, 5) is 2.51. The minimum absolute atomic E-state index is 0.110. The van der Waals surface area contributed by atoms with Crippen LogP contribution < -0.4 is 4.90 Å². The minimum atomic E-state index is -0.117. The Balaban J connectivity index is 1.18. The molecule has 0 spiro atoms. The summed E-state index contributed by atoms with van der Waals surface area (Å²) in [7, 11) is 0. The van der Waals surface area contributed by atoms with Crippen LogP contribution in [0.2, 0.25) is 0 Å². The number of benzene rings is 6. The maximum atomic E-state index is 4.80. The average Bonchev–Trinajstić information content (AvgIpc) is 3.70. The van der Waals surface area contributed by atoms with Crippen LogP contribution in [-0.2, 0) is 10.8 Å². The van der Waals surface area contributed by atoms with Gasteiger partial charge in [-0.15, -0.1) is 0 Å². The molecule has 51 heavy (non-hydrogen) atoms. The van der Waals surface area contributed by atoms with Gasteiger partial charge in [0.25, 0.3) is 0 Å². The fraction of sp³-hybridized carbons (Fsp3) is 0.143. The molecule has 2 nitrogen and oxygen atoms in total. The van der Waals surface area contributed by atoms with E-state index in [0.717, 1.165) is 23.5 Å². The number of nitrogens with zero attached hydrogens (tertiary/aromatic N) is 2. The van der Waals surface area contributed by atoms with Gasteiger partial charge in [0.2, 0.25) is 0 Å². The van der Waals surface area contributed by atoms with E-state index in [2.05, 4.69) is 183 Å². The first-order valence-electron chi connectivity index (χ1n) is 18.1. The Hall–Kier alpha value is -5.86. The second kappa shape index (κ2) is 10.6. The van der Waals surface area contributed by atoms with Crippen LogP contribution >= 0.6 is 0 Å². The topological polar surface area (TPSA) is 8.17 Å². The van der Waals surface area contributed by atoms with Gasteiger partial charge in [-0.3, -0.25) is 0 Å². The molecule has 0 N–H and O–H groups in total. The van der Waals surface area contributed by atoms with Crippen LogP contribution in [0.4, 0.5) is 11.4 Å². The molecule has 10 rings (SSSR count). The van der Waals surface area contributed by atoms with Crippen molar-refractivity contribution in [3.05, 3.63) is 186 Å². The molecule has 0 fully saturated rings. The van der Waals surface area contributed by atoms with Crippen molar-refractivity contribution in [3.63, 3.8) is 0 Å². The van der Waals surface area contributed by atoms with Crippen LogP contribution in [0.15, 0.2) is 158 Å². The lowest BCUT2D eigenvalue weighted by molar-refractivity contribution is 0.658. The van der Waals surface area contributed by atoms with Crippen molar-refractivity contribution in [1.29, 1.82) is 0 Å². The molecular formula is C49H40N2. The van der Waals surface area contributed by atoms with Gasteiger partial charge >= 0.3 is 0 Å². The van der Waals surface area contributed by atoms with Gasteiger partial charge in [0.1, 0.15) is 0 Å². The zero-order chi connectivity index (χ0) is 34.6. The van der Waals surface area contributed by atoms with Crippen LogP contribution in [0, 0.1) is 0 Å². The van der Waals surface area contributed by atoms with Crippen LogP contribution in [0.25, 0.3) is 49.8 Å². The lowest BCUT2D eigenvalue weighted by Gasteiger charge is -2.30. The number of hydrogen-bond donors (Lipinski definition) is 0. The lowest BCUT2D eigenvalue weighted by Crippen LogP contribution is -2.22. The largest absolute Gasteiger partial charge is 0.337 e. The summed E-state index contributed by atoms with van der Waals surface area (Å²) >= 11 is 0. The van der Waals surface area contributed by atoms with E-state index in [0.29, 0.717) is 0 Å². The van der Waals surface area contributed by atoms with E-state index in [1.165, 1.54) is 77.6 Å². The highest BCUT2D eigenvalue weighted by Crippen LogP contribution is 2.54. The summed E-state index contributed by atoms with van der Waals surface area (Å²) in [5.41, 5.74) is 18.7. The maximum Gasteiger partial charge on any atom is 0.0541 e. The highest BCUT2D eigenvalue weighted by Gasteiger charge is 2.40. The molecule has 3 aliphatic rings. The summed E-state index contributed by atoms with van der Waals surface area (Å²) in [5, 5.41) is 2.55. The number of aromatic nitrogens is 1. The van der Waals surface area contributed by atoms with Crippen molar-refractivity contribution in [2.75, 3.05) is 11.4 Å². The molecule has 0 amide bonds. The van der Waals surface area contributed by atoms with Crippen LogP contribution in [-0.4, -0.2) is 11.1 Å². The van der Waals surface area contributed by atoms with Gasteiger partial charge in [0.05, 0.1) is 11.0 Å². The van der Waals surface area contributed by atoms with Gasteiger partial charge in [-0.2, -0.15) is 0 Å². The minimum Gasteiger partial charge on any atom is -0.337 e. The summed E-state index contributed by atoms with van der Waals surface area (Å²) in [6, 6.07) is 49.4. The van der Waals surface area contributed by atoms with Crippen molar-refractivity contribution >= 4 is 44.3 Å². The predicted octanol–water partition coefficient (Wildman–Crippen LogP) is 12.6. The molecule has 0 saturated carbocycles. The average molecular weight is 657 g/mol. The van der Waals surface area contributed by atoms with E-state index in [1.807, 2.05) is 0 Å². The van der Waals surface area contributed by atoms with Crippen molar-refractivity contribution in [1.82, 2.24) is 4.57 Å². The molecule has 246 valence electrons. The third-order valence-corrected chi connectivity index (χ3v) is 12.0.